The molecule has 32 heavy (non-hydrogen) atoms. The van der Waals surface area contributed by atoms with Crippen LogP contribution in [0.25, 0.3) is 0 Å². The number of nitrogens with zero attached hydrogens (tertiary/aromatic N) is 1. The molecule has 0 bridgehead atoms. The summed E-state index contributed by atoms with van der Waals surface area (Å²) in [7, 11) is -3.89. The molecule has 0 aromatic heterocycles. The molecular formula is C24H23ClN2O4S. The Labute approximate surface area is 192 Å². The fourth-order valence-corrected chi connectivity index (χ4v) is 5.06. The molecular weight excluding hydrogens is 448 g/mol. The number of carbonyl (C=O) groups excluding carboxylic acids is 1. The van der Waals surface area contributed by atoms with E-state index >= 15 is 0 Å². The molecule has 1 N–H and O–H groups in total. The fourth-order valence-electron chi connectivity index (χ4n) is 3.47. The zero-order chi connectivity index (χ0) is 22.9. The summed E-state index contributed by atoms with van der Waals surface area (Å²) >= 11 is 5.90. The average Bonchev–Trinajstić information content (AvgIpc) is 2.78. The fraction of sp³-hybridized carbons (Fsp3) is 0.208. The quantitative estimate of drug-likeness (QED) is 0.605. The highest BCUT2D eigenvalue weighted by molar-refractivity contribution is 7.92. The highest BCUT2D eigenvalue weighted by Crippen LogP contribution is 2.37. The SMILES string of the molecule is Cc1ccc(S(=O)(=O)N2C[C@H](C(=O)NCc3ccc(Cl)cc3)Oc3ccc(C)cc32)cc1. The van der Waals surface area contributed by atoms with Crippen molar-refractivity contribution in [1.82, 2.24) is 5.32 Å². The van der Waals surface area contributed by atoms with E-state index in [0.717, 1.165) is 16.7 Å². The van der Waals surface area contributed by atoms with E-state index in [4.69, 9.17) is 16.3 Å². The Morgan fingerprint density at radius 3 is 2.38 bits per heavy atom. The van der Waals surface area contributed by atoms with Crippen molar-refractivity contribution in [3.63, 3.8) is 0 Å². The van der Waals surface area contributed by atoms with Crippen molar-refractivity contribution < 1.29 is 17.9 Å². The molecule has 1 atom stereocenters. The summed E-state index contributed by atoms with van der Waals surface area (Å²) in [6, 6.07) is 19.0. The van der Waals surface area contributed by atoms with Crippen LogP contribution in [0.4, 0.5) is 5.69 Å². The van der Waals surface area contributed by atoms with Gasteiger partial charge in [-0.15, -0.1) is 0 Å². The van der Waals surface area contributed by atoms with Crippen molar-refractivity contribution in [3.8, 4) is 5.75 Å². The van der Waals surface area contributed by atoms with Gasteiger partial charge in [0.25, 0.3) is 15.9 Å². The van der Waals surface area contributed by atoms with Crippen molar-refractivity contribution in [2.24, 2.45) is 0 Å². The molecule has 1 aliphatic heterocycles. The third kappa shape index (κ3) is 4.59. The van der Waals surface area contributed by atoms with Gasteiger partial charge in [0.05, 0.1) is 17.1 Å². The number of anilines is 1. The topological polar surface area (TPSA) is 75.7 Å². The lowest BCUT2D eigenvalue weighted by molar-refractivity contribution is -0.127. The minimum atomic E-state index is -3.89. The minimum Gasteiger partial charge on any atom is -0.476 e. The normalized spacial score (nSPS) is 15.6. The van der Waals surface area contributed by atoms with Crippen molar-refractivity contribution in [2.75, 3.05) is 10.8 Å². The third-order valence-electron chi connectivity index (χ3n) is 5.27. The second-order valence-electron chi connectivity index (χ2n) is 7.77. The number of benzene rings is 3. The molecule has 0 saturated heterocycles. The zero-order valence-electron chi connectivity index (χ0n) is 17.7. The summed E-state index contributed by atoms with van der Waals surface area (Å²) in [4.78, 5) is 13.0. The van der Waals surface area contributed by atoms with Gasteiger partial charge in [-0.05, 0) is 61.4 Å². The number of nitrogens with one attached hydrogen (secondary N) is 1. The number of hydrogen-bond acceptors (Lipinski definition) is 4. The Balaban J connectivity index is 1.61. The van der Waals surface area contributed by atoms with Crippen LogP contribution >= 0.6 is 11.6 Å². The zero-order valence-corrected chi connectivity index (χ0v) is 19.3. The Bertz CT molecular complexity index is 1240. The standard InChI is InChI=1S/C24H23ClN2O4S/c1-16-3-10-20(11-4-16)32(29,30)27-15-23(31-22-12-5-17(2)13-21(22)27)24(28)26-14-18-6-8-19(25)9-7-18/h3-13,23H,14-15H2,1-2H3,(H,26,28)/t23-/m1/s1. The number of halogens is 1. The molecule has 4 rings (SSSR count). The van der Waals surface area contributed by atoms with Crippen LogP contribution in [0.3, 0.4) is 0 Å². The maximum atomic E-state index is 13.5. The van der Waals surface area contributed by atoms with Gasteiger partial charge in [-0.25, -0.2) is 8.42 Å². The number of rotatable bonds is 5. The lowest BCUT2D eigenvalue weighted by atomic mass is 10.1. The Morgan fingerprint density at radius 1 is 1.03 bits per heavy atom. The van der Waals surface area contributed by atoms with Crippen LogP contribution in [-0.2, 0) is 21.4 Å². The molecule has 0 spiro atoms. The van der Waals surface area contributed by atoms with Gasteiger partial charge < -0.3 is 10.1 Å². The molecule has 0 saturated carbocycles. The van der Waals surface area contributed by atoms with Crippen LogP contribution in [0.5, 0.6) is 5.75 Å². The summed E-state index contributed by atoms with van der Waals surface area (Å²) in [5.74, 6) is -0.0422. The van der Waals surface area contributed by atoms with Crippen LogP contribution < -0.4 is 14.4 Å². The Hall–Kier alpha value is -3.03. The van der Waals surface area contributed by atoms with Gasteiger partial charge in [0.15, 0.2) is 6.10 Å². The van der Waals surface area contributed by atoms with E-state index in [9.17, 15) is 13.2 Å². The number of amides is 1. The third-order valence-corrected chi connectivity index (χ3v) is 7.31. The average molecular weight is 471 g/mol. The summed E-state index contributed by atoms with van der Waals surface area (Å²) in [6.45, 7) is 3.92. The second-order valence-corrected chi connectivity index (χ2v) is 10.1. The predicted octanol–water partition coefficient (Wildman–Crippen LogP) is 4.23. The van der Waals surface area contributed by atoms with E-state index in [0.29, 0.717) is 16.5 Å². The molecule has 166 valence electrons. The van der Waals surface area contributed by atoms with Crippen LogP contribution in [0, 0.1) is 13.8 Å². The number of fused-ring (bicyclic) bond motifs is 1. The van der Waals surface area contributed by atoms with Crippen LogP contribution in [0.2, 0.25) is 5.02 Å². The number of hydrogen-bond donors (Lipinski definition) is 1. The summed E-state index contributed by atoms with van der Waals surface area (Å²) in [5.41, 5.74) is 3.15. The van der Waals surface area contributed by atoms with Gasteiger partial charge >= 0.3 is 0 Å². The minimum absolute atomic E-state index is 0.126. The van der Waals surface area contributed by atoms with Gasteiger partial charge in [-0.1, -0.05) is 47.5 Å². The van der Waals surface area contributed by atoms with Gasteiger partial charge in [-0.2, -0.15) is 0 Å². The Morgan fingerprint density at radius 2 is 1.69 bits per heavy atom. The van der Waals surface area contributed by atoms with E-state index in [1.54, 1.807) is 48.5 Å². The highest BCUT2D eigenvalue weighted by Gasteiger charge is 2.37. The largest absolute Gasteiger partial charge is 0.476 e. The molecule has 3 aromatic carbocycles. The van der Waals surface area contributed by atoms with Crippen molar-refractivity contribution in [3.05, 3.63) is 88.4 Å². The molecule has 8 heteroatoms. The Kier molecular flexibility index (Phi) is 6.13. The first-order valence-electron chi connectivity index (χ1n) is 10.1. The van der Waals surface area contributed by atoms with Crippen molar-refractivity contribution in [1.29, 1.82) is 0 Å². The molecule has 0 unspecified atom stereocenters. The van der Waals surface area contributed by atoms with Gasteiger partial charge in [-0.3, -0.25) is 9.10 Å². The first-order chi connectivity index (χ1) is 15.2. The molecule has 1 aliphatic rings. The van der Waals surface area contributed by atoms with Crippen LogP contribution in [-0.4, -0.2) is 27.0 Å². The number of ether oxygens (including phenoxy) is 1. The molecule has 6 nitrogen and oxygen atoms in total. The lowest BCUT2D eigenvalue weighted by Crippen LogP contribution is -2.50. The van der Waals surface area contributed by atoms with E-state index < -0.39 is 22.0 Å². The lowest BCUT2D eigenvalue weighted by Gasteiger charge is -2.35. The summed E-state index contributed by atoms with van der Waals surface area (Å²) < 4.78 is 34.1. The van der Waals surface area contributed by atoms with Crippen LogP contribution in [0.1, 0.15) is 16.7 Å². The van der Waals surface area contributed by atoms with Crippen LogP contribution in [0.15, 0.2) is 71.6 Å². The molecule has 0 fully saturated rings. The summed E-state index contributed by atoms with van der Waals surface area (Å²) in [6.07, 6.45) is -0.988. The first-order valence-corrected chi connectivity index (χ1v) is 11.9. The molecule has 3 aromatic rings. The van der Waals surface area contributed by atoms with E-state index in [1.807, 2.05) is 32.0 Å². The van der Waals surface area contributed by atoms with Crippen molar-refractivity contribution >= 4 is 33.2 Å². The molecule has 0 aliphatic carbocycles. The molecule has 1 amide bonds. The van der Waals surface area contributed by atoms with E-state index in [-0.39, 0.29) is 18.0 Å². The van der Waals surface area contributed by atoms with Gasteiger partial charge in [0, 0.05) is 11.6 Å². The smallest absolute Gasteiger partial charge is 0.264 e. The maximum absolute atomic E-state index is 13.5. The summed E-state index contributed by atoms with van der Waals surface area (Å²) in [5, 5.41) is 3.43. The maximum Gasteiger partial charge on any atom is 0.264 e. The van der Waals surface area contributed by atoms with Crippen molar-refractivity contribution in [2.45, 2.75) is 31.4 Å². The van der Waals surface area contributed by atoms with Gasteiger partial charge in [0.2, 0.25) is 0 Å². The van der Waals surface area contributed by atoms with Gasteiger partial charge in [0.1, 0.15) is 5.75 Å². The monoisotopic (exact) mass is 470 g/mol. The second kappa shape index (κ2) is 8.84. The van der Waals surface area contributed by atoms with E-state index in [1.165, 1.54) is 4.31 Å². The van der Waals surface area contributed by atoms with E-state index in [2.05, 4.69) is 5.32 Å². The predicted molar refractivity (Wildman–Crippen MR) is 125 cm³/mol. The number of carbonyl (C=O) groups is 1. The highest BCUT2D eigenvalue weighted by atomic mass is 35.5. The molecule has 0 radical (unpaired) electrons. The number of sulfonamides is 1. The first kappa shape index (κ1) is 22.2. The number of aryl methyl sites for hydroxylation is 2. The molecule has 1 heterocycles.